The number of carbonyl (C=O) groups excluding carboxylic acids is 2. The third-order valence-corrected chi connectivity index (χ3v) is 7.69. The Morgan fingerprint density at radius 1 is 1.05 bits per heavy atom. The molecule has 10 nitrogen and oxygen atoms in total. The van der Waals surface area contributed by atoms with Crippen LogP contribution in [0.3, 0.4) is 0 Å². The molecule has 1 fully saturated rings. The van der Waals surface area contributed by atoms with E-state index in [0.717, 1.165) is 33.6 Å². The number of carbonyl (C=O) groups is 2. The van der Waals surface area contributed by atoms with E-state index in [1.165, 1.54) is 0 Å². The molecule has 0 saturated carbocycles. The van der Waals surface area contributed by atoms with E-state index in [0.29, 0.717) is 37.5 Å². The maximum Gasteiger partial charge on any atom is 0.410 e. The molecule has 0 unspecified atom stereocenters. The van der Waals surface area contributed by atoms with Crippen LogP contribution >= 0.6 is 0 Å². The Labute approximate surface area is 245 Å². The predicted octanol–water partition coefficient (Wildman–Crippen LogP) is 5.29. The first-order valence-electron chi connectivity index (χ1n) is 14.2. The molecule has 6 rings (SSSR count). The number of anilines is 3. The second kappa shape index (κ2) is 10.7. The number of benzene rings is 2. The molecule has 2 aromatic heterocycles. The smallest absolute Gasteiger partial charge is 0.410 e. The van der Waals surface area contributed by atoms with Crippen LogP contribution in [0.2, 0.25) is 0 Å². The van der Waals surface area contributed by atoms with Gasteiger partial charge in [-0.3, -0.25) is 9.69 Å². The zero-order valence-electron chi connectivity index (χ0n) is 24.7. The summed E-state index contributed by atoms with van der Waals surface area (Å²) in [4.78, 5) is 37.3. The van der Waals surface area contributed by atoms with Gasteiger partial charge in [0.2, 0.25) is 5.91 Å². The van der Waals surface area contributed by atoms with E-state index in [2.05, 4.69) is 0 Å². The Morgan fingerprint density at radius 2 is 1.79 bits per heavy atom. The quantitative estimate of drug-likeness (QED) is 0.323. The Kier molecular flexibility index (Phi) is 7.00. The summed E-state index contributed by atoms with van der Waals surface area (Å²) in [6.07, 6.45) is 2.03. The topological polar surface area (TPSA) is 93.0 Å². The third kappa shape index (κ3) is 5.24. The Morgan fingerprint density at radius 3 is 2.48 bits per heavy atom. The molecule has 2 amide bonds. The molecule has 218 valence electrons. The minimum absolute atomic E-state index is 0.0844. The second-order valence-corrected chi connectivity index (χ2v) is 11.9. The summed E-state index contributed by atoms with van der Waals surface area (Å²) < 4.78 is 12.8. The largest absolute Gasteiger partial charge is 0.497 e. The van der Waals surface area contributed by atoms with Gasteiger partial charge >= 0.3 is 6.09 Å². The van der Waals surface area contributed by atoms with Gasteiger partial charge in [-0.2, -0.15) is 5.10 Å². The van der Waals surface area contributed by atoms with Gasteiger partial charge in [-0.1, -0.05) is 29.8 Å². The van der Waals surface area contributed by atoms with E-state index in [1.807, 2.05) is 91.9 Å². The normalized spacial score (nSPS) is 17.1. The molecule has 0 aliphatic carbocycles. The number of ether oxygens (including phenoxy) is 2. The van der Waals surface area contributed by atoms with Gasteiger partial charge in [0, 0.05) is 25.0 Å². The molecule has 4 heterocycles. The van der Waals surface area contributed by atoms with Crippen LogP contribution in [0.15, 0.2) is 60.8 Å². The maximum absolute atomic E-state index is 14.2. The van der Waals surface area contributed by atoms with Crippen molar-refractivity contribution in [1.82, 2.24) is 19.7 Å². The van der Waals surface area contributed by atoms with Crippen LogP contribution in [0.1, 0.15) is 38.3 Å². The molecule has 2 aliphatic heterocycles. The predicted molar refractivity (Wildman–Crippen MR) is 162 cm³/mol. The van der Waals surface area contributed by atoms with Crippen LogP contribution < -0.4 is 14.5 Å². The number of rotatable bonds is 5. The van der Waals surface area contributed by atoms with Crippen LogP contribution in [-0.2, 0) is 16.1 Å². The molecule has 0 radical (unpaired) electrons. The van der Waals surface area contributed by atoms with Gasteiger partial charge in [0.15, 0.2) is 11.5 Å². The lowest BCUT2D eigenvalue weighted by Crippen LogP contribution is -2.46. The van der Waals surface area contributed by atoms with Crippen LogP contribution in [0.4, 0.5) is 22.0 Å². The molecule has 4 aromatic rings. The molecular weight excluding hydrogens is 532 g/mol. The van der Waals surface area contributed by atoms with Gasteiger partial charge in [-0.25, -0.2) is 14.5 Å². The van der Waals surface area contributed by atoms with Crippen LogP contribution in [0, 0.1) is 6.92 Å². The molecule has 2 aromatic carbocycles. The fourth-order valence-electron chi connectivity index (χ4n) is 5.66. The second-order valence-electron chi connectivity index (χ2n) is 11.9. The molecule has 0 spiro atoms. The van der Waals surface area contributed by atoms with E-state index < -0.39 is 5.60 Å². The lowest BCUT2D eigenvalue weighted by molar-refractivity contribution is -0.117. The number of hydrogen-bond donors (Lipinski definition) is 0. The van der Waals surface area contributed by atoms with Crippen molar-refractivity contribution in [3.05, 3.63) is 71.9 Å². The minimum atomic E-state index is -0.598. The van der Waals surface area contributed by atoms with Gasteiger partial charge in [-0.15, -0.1) is 0 Å². The summed E-state index contributed by atoms with van der Waals surface area (Å²) in [6, 6.07) is 17.7. The Balaban J connectivity index is 1.43. The highest BCUT2D eigenvalue weighted by atomic mass is 16.6. The Bertz CT molecular complexity index is 1620. The van der Waals surface area contributed by atoms with E-state index in [1.54, 1.807) is 23.1 Å². The van der Waals surface area contributed by atoms with Crippen molar-refractivity contribution in [3.63, 3.8) is 0 Å². The van der Waals surface area contributed by atoms with Crippen molar-refractivity contribution in [2.45, 2.75) is 52.3 Å². The van der Waals surface area contributed by atoms with Crippen molar-refractivity contribution in [1.29, 1.82) is 0 Å². The first kappa shape index (κ1) is 27.6. The van der Waals surface area contributed by atoms with Crippen LogP contribution in [-0.4, -0.2) is 70.1 Å². The standard InChI is InChI=1S/C32H36N6O4/c1-21-6-10-23(11-7-21)36-20-27(39)38(24-15-17-35(19-24)31(40)42-32(2,3)4)30-28-26(36)14-16-33-29(28)37(34-30)18-22-8-12-25(41-5)13-9-22/h6-14,16,24H,15,17-20H2,1-5H3/t24-/m1/s1. The number of nitrogens with zero attached hydrogens (tertiary/aromatic N) is 6. The number of methoxy groups -OCH3 is 1. The molecular formula is C32H36N6O4. The van der Waals surface area contributed by atoms with Gasteiger partial charge in [0.25, 0.3) is 0 Å². The highest BCUT2D eigenvalue weighted by Crippen LogP contribution is 2.41. The monoisotopic (exact) mass is 568 g/mol. The van der Waals surface area contributed by atoms with E-state index in [9.17, 15) is 9.59 Å². The fourth-order valence-corrected chi connectivity index (χ4v) is 5.66. The molecule has 10 heteroatoms. The first-order valence-corrected chi connectivity index (χ1v) is 14.2. The molecule has 1 atom stereocenters. The molecule has 1 saturated heterocycles. The third-order valence-electron chi connectivity index (χ3n) is 7.69. The highest BCUT2D eigenvalue weighted by molar-refractivity contribution is 6.11. The highest BCUT2D eigenvalue weighted by Gasteiger charge is 2.40. The van der Waals surface area contributed by atoms with Crippen molar-refractivity contribution in [2.75, 3.05) is 36.5 Å². The molecule has 0 N–H and O–H groups in total. The minimum Gasteiger partial charge on any atom is -0.497 e. The summed E-state index contributed by atoms with van der Waals surface area (Å²) in [5.41, 5.74) is 4.05. The summed E-state index contributed by atoms with van der Waals surface area (Å²) in [5.74, 6) is 1.26. The molecule has 2 aliphatic rings. The van der Waals surface area contributed by atoms with Gasteiger partial charge < -0.3 is 19.3 Å². The fraction of sp³-hybridized carbons (Fsp3) is 0.375. The van der Waals surface area contributed by atoms with Crippen molar-refractivity contribution in [3.8, 4) is 5.75 Å². The number of amides is 2. The number of aromatic nitrogens is 3. The molecule has 0 bridgehead atoms. The van der Waals surface area contributed by atoms with E-state index in [4.69, 9.17) is 19.6 Å². The van der Waals surface area contributed by atoms with Gasteiger partial charge in [0.05, 0.1) is 30.8 Å². The SMILES string of the molecule is COc1ccc(Cn2nc3c4c(ccnc42)N(c2ccc(C)cc2)CC(=O)N3[C@@H]2CCN(C(=O)OC(C)(C)C)C2)cc1. The summed E-state index contributed by atoms with van der Waals surface area (Å²) in [5, 5.41) is 5.85. The average molecular weight is 569 g/mol. The van der Waals surface area contributed by atoms with Crippen molar-refractivity contribution in [2.24, 2.45) is 0 Å². The zero-order chi connectivity index (χ0) is 29.6. The van der Waals surface area contributed by atoms with Gasteiger partial charge in [-0.05, 0) is 70.0 Å². The maximum atomic E-state index is 14.2. The summed E-state index contributed by atoms with van der Waals surface area (Å²) >= 11 is 0. The van der Waals surface area contributed by atoms with Crippen LogP contribution in [0.5, 0.6) is 5.75 Å². The summed E-state index contributed by atoms with van der Waals surface area (Å²) in [6.45, 7) is 9.08. The molecule has 42 heavy (non-hydrogen) atoms. The lowest BCUT2D eigenvalue weighted by Gasteiger charge is -2.29. The van der Waals surface area contributed by atoms with E-state index >= 15 is 0 Å². The Hall–Kier alpha value is -4.60. The first-order chi connectivity index (χ1) is 20.1. The van der Waals surface area contributed by atoms with Crippen molar-refractivity contribution >= 4 is 40.2 Å². The number of likely N-dealkylation sites (tertiary alicyclic amines) is 1. The lowest BCUT2D eigenvalue weighted by atomic mass is 10.2. The average Bonchev–Trinajstić information content (AvgIpc) is 3.55. The van der Waals surface area contributed by atoms with Gasteiger partial charge in [0.1, 0.15) is 17.9 Å². The number of aryl methyl sites for hydroxylation is 1. The zero-order valence-corrected chi connectivity index (χ0v) is 24.7. The summed E-state index contributed by atoms with van der Waals surface area (Å²) in [7, 11) is 1.64. The van der Waals surface area contributed by atoms with Crippen molar-refractivity contribution < 1.29 is 19.1 Å². The van der Waals surface area contributed by atoms with Crippen LogP contribution in [0.25, 0.3) is 11.0 Å². The number of hydrogen-bond acceptors (Lipinski definition) is 7. The van der Waals surface area contributed by atoms with E-state index in [-0.39, 0.29) is 24.6 Å². The number of pyridine rings is 1.